The van der Waals surface area contributed by atoms with Crippen molar-refractivity contribution in [3.05, 3.63) is 0 Å². The van der Waals surface area contributed by atoms with Crippen molar-refractivity contribution in [1.29, 1.82) is 0 Å². The molecule has 0 bridgehead atoms. The number of hydrogen-bond acceptors (Lipinski definition) is 4. The Labute approximate surface area is 91.3 Å². The number of hydrogen-bond donors (Lipinski definition) is 3. The largest absolute Gasteiger partial charge is 0.372 e. The lowest BCUT2D eigenvalue weighted by atomic mass is 10.4. The molecule has 1 heterocycles. The normalized spacial score (nSPS) is 18.6. The van der Waals surface area contributed by atoms with E-state index < -0.39 is 0 Å². The molecule has 0 saturated carbocycles. The van der Waals surface area contributed by atoms with E-state index in [0.29, 0.717) is 12.0 Å². The van der Waals surface area contributed by atoms with E-state index in [4.69, 9.17) is 27.8 Å². The first-order chi connectivity index (χ1) is 6.85. The van der Waals surface area contributed by atoms with Gasteiger partial charge in [-0.2, -0.15) is 0 Å². The molecule has 1 rings (SSSR count). The average Bonchev–Trinajstić information content (AvgIpc) is 3.02. The second kappa shape index (κ2) is 11.2. The van der Waals surface area contributed by atoms with Gasteiger partial charge in [0.05, 0.1) is 18.6 Å². The first-order valence-electron chi connectivity index (χ1n) is 5.13. The summed E-state index contributed by atoms with van der Waals surface area (Å²) >= 11 is 5.27. The molecule has 1 aliphatic rings. The molecule has 0 aliphatic carbocycles. The van der Waals surface area contributed by atoms with Crippen LogP contribution in [0.15, 0.2) is 0 Å². The minimum Gasteiger partial charge on any atom is -0.372 e. The van der Waals surface area contributed by atoms with Crippen LogP contribution in [-0.2, 0) is 4.74 Å². The highest BCUT2D eigenvalue weighted by Gasteiger charge is 2.19. The highest BCUT2D eigenvalue weighted by Crippen LogP contribution is 2.08. The molecule has 0 aromatic heterocycles. The Morgan fingerprint density at radius 1 is 1.21 bits per heavy atom. The van der Waals surface area contributed by atoms with Crippen LogP contribution in [0.2, 0.25) is 0 Å². The van der Waals surface area contributed by atoms with Gasteiger partial charge in [0.25, 0.3) is 0 Å². The zero-order valence-electron chi connectivity index (χ0n) is 8.68. The molecule has 5 heteroatoms. The van der Waals surface area contributed by atoms with Gasteiger partial charge in [-0.05, 0) is 39.0 Å². The lowest BCUT2D eigenvalue weighted by molar-refractivity contribution is 0.425. The van der Waals surface area contributed by atoms with Crippen molar-refractivity contribution in [2.45, 2.75) is 18.9 Å². The van der Waals surface area contributed by atoms with Crippen LogP contribution in [-0.4, -0.2) is 44.8 Å². The Bertz CT molecular complexity index is 106. The minimum absolute atomic E-state index is 0.400. The van der Waals surface area contributed by atoms with Crippen molar-refractivity contribution < 1.29 is 4.74 Å². The molecular formula is C9H22ClN3O. The second-order valence-corrected chi connectivity index (χ2v) is 3.45. The molecule has 4 nitrogen and oxygen atoms in total. The third-order valence-corrected chi connectivity index (χ3v) is 2.03. The molecule has 0 spiro atoms. The molecular weight excluding hydrogens is 202 g/mol. The third-order valence-electron chi connectivity index (χ3n) is 1.69. The van der Waals surface area contributed by atoms with Crippen LogP contribution in [0.1, 0.15) is 12.8 Å². The lowest BCUT2D eigenvalue weighted by Crippen LogP contribution is -2.21. The summed E-state index contributed by atoms with van der Waals surface area (Å²) in [5.74, 6) is 0.667. The standard InChI is InChI=1S/C6H17N3.C3H5ClO/c7-3-1-5-9-6-2-4-8;4-1-3-2-5-3/h9H,1-8H2;3H,1-2H2. The van der Waals surface area contributed by atoms with Gasteiger partial charge in [-0.15, -0.1) is 11.6 Å². The highest BCUT2D eigenvalue weighted by molar-refractivity contribution is 6.18. The van der Waals surface area contributed by atoms with Crippen LogP contribution < -0.4 is 16.8 Å². The molecule has 1 atom stereocenters. The number of halogens is 1. The van der Waals surface area contributed by atoms with Crippen LogP contribution in [0, 0.1) is 0 Å². The van der Waals surface area contributed by atoms with Crippen molar-refractivity contribution in [3.63, 3.8) is 0 Å². The predicted octanol–water partition coefficient (Wildman–Crippen LogP) is -0.102. The fourth-order valence-electron chi connectivity index (χ4n) is 0.736. The highest BCUT2D eigenvalue weighted by atomic mass is 35.5. The van der Waals surface area contributed by atoms with Gasteiger partial charge in [0.1, 0.15) is 0 Å². The number of nitrogens with two attached hydrogens (primary N) is 2. The summed E-state index contributed by atoms with van der Waals surface area (Å²) in [6, 6.07) is 0. The minimum atomic E-state index is 0.400. The van der Waals surface area contributed by atoms with Crippen LogP contribution in [0.4, 0.5) is 0 Å². The maximum Gasteiger partial charge on any atom is 0.0944 e. The van der Waals surface area contributed by atoms with Crippen LogP contribution in [0.5, 0.6) is 0 Å². The molecule has 14 heavy (non-hydrogen) atoms. The fraction of sp³-hybridized carbons (Fsp3) is 1.00. The average molecular weight is 224 g/mol. The maximum atomic E-state index is 5.28. The van der Waals surface area contributed by atoms with Crippen molar-refractivity contribution in [2.75, 3.05) is 38.7 Å². The summed E-state index contributed by atoms with van der Waals surface area (Å²) in [6.07, 6.45) is 2.52. The molecule has 5 N–H and O–H groups in total. The van der Waals surface area contributed by atoms with E-state index in [0.717, 1.165) is 45.6 Å². The van der Waals surface area contributed by atoms with Gasteiger partial charge in [0, 0.05) is 0 Å². The first-order valence-corrected chi connectivity index (χ1v) is 5.67. The van der Waals surface area contributed by atoms with Crippen LogP contribution in [0.25, 0.3) is 0 Å². The lowest BCUT2D eigenvalue weighted by Gasteiger charge is -2.00. The number of alkyl halides is 1. The first kappa shape index (κ1) is 14.1. The van der Waals surface area contributed by atoms with Gasteiger partial charge in [0.2, 0.25) is 0 Å². The third kappa shape index (κ3) is 12.1. The summed E-state index contributed by atoms with van der Waals surface area (Å²) in [4.78, 5) is 0. The van der Waals surface area contributed by atoms with Gasteiger partial charge in [0.15, 0.2) is 0 Å². The Morgan fingerprint density at radius 2 is 1.71 bits per heavy atom. The molecule has 1 saturated heterocycles. The second-order valence-electron chi connectivity index (χ2n) is 3.14. The molecule has 1 unspecified atom stereocenters. The summed E-state index contributed by atoms with van der Waals surface area (Å²) in [7, 11) is 0. The van der Waals surface area contributed by atoms with Gasteiger partial charge in [-0.25, -0.2) is 0 Å². The monoisotopic (exact) mass is 223 g/mol. The van der Waals surface area contributed by atoms with E-state index in [1.807, 2.05) is 0 Å². The summed E-state index contributed by atoms with van der Waals surface area (Å²) < 4.78 is 4.73. The van der Waals surface area contributed by atoms with Gasteiger partial charge in [-0.3, -0.25) is 0 Å². The number of ether oxygens (including phenoxy) is 1. The predicted molar refractivity (Wildman–Crippen MR) is 60.7 cm³/mol. The van der Waals surface area contributed by atoms with Gasteiger partial charge in [-0.1, -0.05) is 0 Å². The Hall–Kier alpha value is 0.130. The van der Waals surface area contributed by atoms with Gasteiger partial charge < -0.3 is 21.5 Å². The summed E-state index contributed by atoms with van der Waals surface area (Å²) in [6.45, 7) is 4.47. The Balaban J connectivity index is 0.000000280. The molecule has 86 valence electrons. The van der Waals surface area contributed by atoms with E-state index in [2.05, 4.69) is 5.32 Å². The fourth-order valence-corrected chi connectivity index (χ4v) is 0.914. The zero-order valence-corrected chi connectivity index (χ0v) is 9.43. The molecule has 1 fully saturated rings. The van der Waals surface area contributed by atoms with E-state index in [-0.39, 0.29) is 0 Å². The molecule has 0 aromatic carbocycles. The van der Waals surface area contributed by atoms with Crippen molar-refractivity contribution in [3.8, 4) is 0 Å². The van der Waals surface area contributed by atoms with E-state index in [1.165, 1.54) is 0 Å². The molecule has 1 aliphatic heterocycles. The zero-order chi connectivity index (χ0) is 10.6. The maximum absolute atomic E-state index is 5.28. The van der Waals surface area contributed by atoms with Crippen LogP contribution in [0.3, 0.4) is 0 Å². The summed E-state index contributed by atoms with van der Waals surface area (Å²) in [5, 5.41) is 3.23. The van der Waals surface area contributed by atoms with Crippen molar-refractivity contribution >= 4 is 11.6 Å². The van der Waals surface area contributed by atoms with E-state index >= 15 is 0 Å². The molecule has 0 radical (unpaired) electrons. The number of epoxide rings is 1. The van der Waals surface area contributed by atoms with E-state index in [1.54, 1.807) is 0 Å². The molecule has 0 aromatic rings. The summed E-state index contributed by atoms with van der Waals surface area (Å²) in [5.41, 5.74) is 10.6. The van der Waals surface area contributed by atoms with Crippen molar-refractivity contribution in [1.82, 2.24) is 5.32 Å². The smallest absolute Gasteiger partial charge is 0.0944 e. The van der Waals surface area contributed by atoms with Crippen molar-refractivity contribution in [2.24, 2.45) is 11.5 Å². The van der Waals surface area contributed by atoms with Crippen LogP contribution >= 0.6 is 11.6 Å². The van der Waals surface area contributed by atoms with Gasteiger partial charge >= 0.3 is 0 Å². The number of rotatable bonds is 7. The topological polar surface area (TPSA) is 76.6 Å². The molecule has 0 amide bonds. The Kier molecular flexibility index (Phi) is 11.3. The number of nitrogens with one attached hydrogen (secondary N) is 1. The quantitative estimate of drug-likeness (QED) is 0.320. The SMILES string of the molecule is ClCC1CO1.NCCCNCCCN. The Morgan fingerprint density at radius 3 is 1.93 bits per heavy atom. The van der Waals surface area contributed by atoms with E-state index in [9.17, 15) is 0 Å².